The molecule has 0 saturated carbocycles. The van der Waals surface area contributed by atoms with Gasteiger partial charge in [0.1, 0.15) is 11.8 Å². The minimum Gasteiger partial charge on any atom is -0.352 e. The summed E-state index contributed by atoms with van der Waals surface area (Å²) in [6.07, 6.45) is 3.46. The molecular formula is C12H18N4. The Labute approximate surface area is 96.7 Å². The highest BCUT2D eigenvalue weighted by atomic mass is 15.1. The number of hydrogen-bond donors (Lipinski definition) is 1. The van der Waals surface area contributed by atoms with E-state index in [4.69, 9.17) is 5.26 Å². The van der Waals surface area contributed by atoms with Gasteiger partial charge in [-0.1, -0.05) is 19.8 Å². The Bertz CT molecular complexity index is 381. The zero-order valence-electron chi connectivity index (χ0n) is 10.1. The fourth-order valence-corrected chi connectivity index (χ4v) is 1.49. The molecule has 0 radical (unpaired) electrons. The normalized spacial score (nSPS) is 11.9. The average molecular weight is 218 g/mol. The molecule has 0 saturated heterocycles. The molecule has 1 atom stereocenters. The minimum atomic E-state index is 0.341. The predicted molar refractivity (Wildman–Crippen MR) is 64.1 cm³/mol. The van der Waals surface area contributed by atoms with E-state index in [1.54, 1.807) is 6.07 Å². The molecule has 4 nitrogen and oxygen atoms in total. The lowest BCUT2D eigenvalue weighted by Crippen LogP contribution is -2.17. The second kappa shape index (κ2) is 6.06. The first-order chi connectivity index (χ1) is 7.65. The van der Waals surface area contributed by atoms with Crippen molar-refractivity contribution in [1.82, 2.24) is 9.97 Å². The van der Waals surface area contributed by atoms with Gasteiger partial charge in [-0.3, -0.25) is 0 Å². The van der Waals surface area contributed by atoms with E-state index in [-0.39, 0.29) is 0 Å². The van der Waals surface area contributed by atoms with Gasteiger partial charge in [-0.2, -0.15) is 5.26 Å². The van der Waals surface area contributed by atoms with Crippen molar-refractivity contribution in [2.45, 2.75) is 46.1 Å². The van der Waals surface area contributed by atoms with Crippen molar-refractivity contribution in [2.75, 3.05) is 5.32 Å². The molecule has 0 amide bonds. The van der Waals surface area contributed by atoms with E-state index < -0.39 is 0 Å². The molecule has 0 fully saturated rings. The summed E-state index contributed by atoms with van der Waals surface area (Å²) in [7, 11) is 0. The van der Waals surface area contributed by atoms with Crippen LogP contribution in [0.5, 0.6) is 0 Å². The van der Waals surface area contributed by atoms with Crippen LogP contribution in [-0.4, -0.2) is 16.0 Å². The highest BCUT2D eigenvalue weighted by Crippen LogP contribution is 2.08. The molecule has 1 N–H and O–H groups in total. The van der Waals surface area contributed by atoms with Gasteiger partial charge in [-0.25, -0.2) is 9.97 Å². The molecule has 16 heavy (non-hydrogen) atoms. The molecule has 0 aliphatic carbocycles. The second-order valence-corrected chi connectivity index (χ2v) is 4.02. The number of nitriles is 1. The predicted octanol–water partition coefficient (Wildman–Crippen LogP) is 2.65. The van der Waals surface area contributed by atoms with Crippen molar-refractivity contribution in [3.05, 3.63) is 17.5 Å². The molecule has 0 aliphatic rings. The quantitative estimate of drug-likeness (QED) is 0.825. The first kappa shape index (κ1) is 12.4. The van der Waals surface area contributed by atoms with Gasteiger partial charge in [0.15, 0.2) is 0 Å². The van der Waals surface area contributed by atoms with E-state index in [1.165, 1.54) is 12.8 Å². The summed E-state index contributed by atoms with van der Waals surface area (Å²) in [5.41, 5.74) is 1.23. The van der Waals surface area contributed by atoms with E-state index in [1.807, 2.05) is 13.0 Å². The zero-order valence-corrected chi connectivity index (χ0v) is 10.1. The Morgan fingerprint density at radius 2 is 2.25 bits per heavy atom. The Morgan fingerprint density at radius 1 is 1.50 bits per heavy atom. The highest BCUT2D eigenvalue weighted by Gasteiger charge is 2.05. The van der Waals surface area contributed by atoms with Crippen LogP contribution in [0.25, 0.3) is 0 Å². The smallest absolute Gasteiger partial charge is 0.224 e. The average Bonchev–Trinajstić information content (AvgIpc) is 2.25. The molecule has 0 bridgehead atoms. The number of anilines is 1. The Morgan fingerprint density at radius 3 is 2.88 bits per heavy atom. The standard InChI is InChI=1S/C12H18N4/c1-4-5-6-9(2)14-12-15-10(3)7-11(8-13)16-12/h7,9H,4-6H2,1-3H3,(H,14,15,16). The summed E-state index contributed by atoms with van der Waals surface area (Å²) in [5, 5.41) is 12.0. The second-order valence-electron chi connectivity index (χ2n) is 4.02. The van der Waals surface area contributed by atoms with Crippen molar-refractivity contribution in [3.63, 3.8) is 0 Å². The number of nitrogens with one attached hydrogen (secondary N) is 1. The maximum Gasteiger partial charge on any atom is 0.224 e. The topological polar surface area (TPSA) is 61.6 Å². The van der Waals surface area contributed by atoms with E-state index in [0.717, 1.165) is 12.1 Å². The molecule has 0 aliphatic heterocycles. The minimum absolute atomic E-state index is 0.341. The van der Waals surface area contributed by atoms with E-state index in [9.17, 15) is 0 Å². The summed E-state index contributed by atoms with van der Waals surface area (Å²) in [5.74, 6) is 0.556. The largest absolute Gasteiger partial charge is 0.352 e. The number of aromatic nitrogens is 2. The van der Waals surface area contributed by atoms with Crippen molar-refractivity contribution in [1.29, 1.82) is 5.26 Å². The van der Waals surface area contributed by atoms with Crippen molar-refractivity contribution >= 4 is 5.95 Å². The van der Waals surface area contributed by atoms with Crippen LogP contribution in [0.1, 0.15) is 44.5 Å². The lowest BCUT2D eigenvalue weighted by atomic mass is 10.1. The lowest BCUT2D eigenvalue weighted by molar-refractivity contribution is 0.640. The van der Waals surface area contributed by atoms with Crippen LogP contribution in [-0.2, 0) is 0 Å². The van der Waals surface area contributed by atoms with E-state index in [2.05, 4.69) is 29.1 Å². The van der Waals surface area contributed by atoms with Gasteiger partial charge >= 0.3 is 0 Å². The third-order valence-corrected chi connectivity index (χ3v) is 2.33. The summed E-state index contributed by atoms with van der Waals surface area (Å²) >= 11 is 0. The van der Waals surface area contributed by atoms with Gasteiger partial charge in [0, 0.05) is 11.7 Å². The van der Waals surface area contributed by atoms with Crippen LogP contribution in [0, 0.1) is 18.3 Å². The molecule has 4 heteroatoms. The van der Waals surface area contributed by atoms with Gasteiger partial charge in [0.2, 0.25) is 5.95 Å². The molecule has 0 aromatic carbocycles. The zero-order chi connectivity index (χ0) is 12.0. The fraction of sp³-hybridized carbons (Fsp3) is 0.583. The maximum absolute atomic E-state index is 8.79. The van der Waals surface area contributed by atoms with E-state index >= 15 is 0 Å². The Balaban J connectivity index is 2.66. The summed E-state index contributed by atoms with van der Waals surface area (Å²) < 4.78 is 0. The highest BCUT2D eigenvalue weighted by molar-refractivity contribution is 5.33. The third kappa shape index (κ3) is 3.85. The fourth-order valence-electron chi connectivity index (χ4n) is 1.49. The molecule has 1 heterocycles. The van der Waals surface area contributed by atoms with Crippen LogP contribution in [0.15, 0.2) is 6.07 Å². The van der Waals surface area contributed by atoms with Crippen molar-refractivity contribution in [3.8, 4) is 6.07 Å². The van der Waals surface area contributed by atoms with Crippen LogP contribution in [0.2, 0.25) is 0 Å². The first-order valence-corrected chi connectivity index (χ1v) is 5.68. The molecule has 86 valence electrons. The molecule has 1 rings (SSSR count). The Hall–Kier alpha value is -1.63. The summed E-state index contributed by atoms with van der Waals surface area (Å²) in [6.45, 7) is 6.14. The van der Waals surface area contributed by atoms with Crippen molar-refractivity contribution < 1.29 is 0 Å². The van der Waals surface area contributed by atoms with Gasteiger partial charge in [-0.15, -0.1) is 0 Å². The van der Waals surface area contributed by atoms with Gasteiger partial charge in [0.25, 0.3) is 0 Å². The number of unbranched alkanes of at least 4 members (excludes halogenated alkanes) is 1. The van der Waals surface area contributed by atoms with Crippen LogP contribution < -0.4 is 5.32 Å². The molecule has 0 spiro atoms. The number of nitrogens with zero attached hydrogens (tertiary/aromatic N) is 3. The maximum atomic E-state index is 8.79. The molecule has 1 aromatic rings. The van der Waals surface area contributed by atoms with Crippen LogP contribution in [0.4, 0.5) is 5.95 Å². The lowest BCUT2D eigenvalue weighted by Gasteiger charge is -2.13. The monoisotopic (exact) mass is 218 g/mol. The SMILES string of the molecule is CCCCC(C)Nc1nc(C)cc(C#N)n1. The summed E-state index contributed by atoms with van der Waals surface area (Å²) in [4.78, 5) is 8.37. The number of aryl methyl sites for hydroxylation is 1. The number of hydrogen-bond acceptors (Lipinski definition) is 4. The molecule has 1 aromatic heterocycles. The Kier molecular flexibility index (Phi) is 4.71. The first-order valence-electron chi connectivity index (χ1n) is 5.68. The molecular weight excluding hydrogens is 200 g/mol. The molecule has 1 unspecified atom stereocenters. The third-order valence-electron chi connectivity index (χ3n) is 2.33. The van der Waals surface area contributed by atoms with Crippen molar-refractivity contribution in [2.24, 2.45) is 0 Å². The van der Waals surface area contributed by atoms with Gasteiger partial charge in [-0.05, 0) is 26.3 Å². The van der Waals surface area contributed by atoms with Crippen LogP contribution >= 0.6 is 0 Å². The van der Waals surface area contributed by atoms with E-state index in [0.29, 0.717) is 17.7 Å². The summed E-state index contributed by atoms with van der Waals surface area (Å²) in [6, 6.07) is 4.06. The number of rotatable bonds is 5. The van der Waals surface area contributed by atoms with Gasteiger partial charge in [0.05, 0.1) is 0 Å². The van der Waals surface area contributed by atoms with Gasteiger partial charge < -0.3 is 5.32 Å². The van der Waals surface area contributed by atoms with Crippen LogP contribution in [0.3, 0.4) is 0 Å².